The van der Waals surface area contributed by atoms with E-state index in [0.29, 0.717) is 0 Å². The van der Waals surface area contributed by atoms with Gasteiger partial charge >= 0.3 is 0 Å². The highest BCUT2D eigenvalue weighted by molar-refractivity contribution is 6.75. The molecule has 4 heterocycles. The number of fused-ring (bicyclic) bond motifs is 6. The third-order valence-electron chi connectivity index (χ3n) is 10.0. The van der Waals surface area contributed by atoms with Gasteiger partial charge in [-0.2, -0.15) is 0 Å². The lowest BCUT2D eigenvalue weighted by molar-refractivity contribution is 1.38. The summed E-state index contributed by atoms with van der Waals surface area (Å²) in [6.07, 6.45) is 0. The van der Waals surface area contributed by atoms with E-state index in [4.69, 9.17) is 0 Å². The van der Waals surface area contributed by atoms with Crippen molar-refractivity contribution in [3.05, 3.63) is 127 Å². The molecule has 3 heteroatoms. The van der Waals surface area contributed by atoms with Crippen molar-refractivity contribution >= 4 is 88.9 Å². The van der Waals surface area contributed by atoms with Crippen LogP contribution in [-0.4, -0.2) is 16.7 Å². The summed E-state index contributed by atoms with van der Waals surface area (Å²) in [5, 5.41) is 10.5. The van der Waals surface area contributed by atoms with E-state index in [-0.39, 0.29) is 0 Å². The third-order valence-corrected chi connectivity index (χ3v) is 10.0. The average molecular weight is 542 g/mol. The Hall–Kier alpha value is -5.54. The highest BCUT2D eigenvalue weighted by Crippen LogP contribution is 2.45. The van der Waals surface area contributed by atoms with Crippen LogP contribution >= 0.6 is 0 Å². The quantitative estimate of drug-likeness (QED) is 0.211. The fourth-order valence-corrected chi connectivity index (χ4v) is 8.28. The Morgan fingerprint density at radius 3 is 2.09 bits per heavy atom. The number of para-hydroxylation sites is 3. The first-order valence-corrected chi connectivity index (χ1v) is 15.1. The Bertz CT molecular complexity index is 2800. The van der Waals surface area contributed by atoms with Crippen LogP contribution in [0.25, 0.3) is 92.9 Å². The SMILES string of the molecule is B1c2cccc3c4cccc5c6c(-c7ccccc7)cc(-c7cccc8c7[nH]c7cc9ccccc9cc78)c1c6n(c23)c45. The zero-order chi connectivity index (χ0) is 27.8. The van der Waals surface area contributed by atoms with E-state index in [0.717, 1.165) is 7.28 Å². The maximum Gasteiger partial charge on any atom is 0.198 e. The van der Waals surface area contributed by atoms with Gasteiger partial charge in [0.05, 0.1) is 11.0 Å². The Morgan fingerprint density at radius 2 is 1.21 bits per heavy atom. The van der Waals surface area contributed by atoms with Crippen molar-refractivity contribution in [1.82, 2.24) is 9.38 Å². The first kappa shape index (κ1) is 22.1. The Labute approximate surface area is 247 Å². The lowest BCUT2D eigenvalue weighted by Crippen LogP contribution is -2.34. The van der Waals surface area contributed by atoms with Crippen LogP contribution in [0.3, 0.4) is 0 Å². The standard InChI is InChI=1S/C40H23BN2/c1-2-9-22(10-3-1)30-21-32(26-14-6-13-25-31-19-23-11-4-5-12-24(23)20-34(31)42-37(25)26)36-40-35(30)29-17-7-15-27-28-16-8-18-33(41-36)39(28)43(40)38(27)29/h1-21,41-42H. The number of benzene rings is 7. The summed E-state index contributed by atoms with van der Waals surface area (Å²) in [5.74, 6) is 0. The molecule has 11 rings (SSSR count). The molecule has 0 saturated carbocycles. The number of hydrogen-bond donors (Lipinski definition) is 1. The predicted molar refractivity (Wildman–Crippen MR) is 185 cm³/mol. The van der Waals surface area contributed by atoms with E-state index in [9.17, 15) is 0 Å². The fraction of sp³-hybridized carbons (Fsp3) is 0. The Kier molecular flexibility index (Phi) is 3.93. The van der Waals surface area contributed by atoms with Gasteiger partial charge in [0.25, 0.3) is 0 Å². The first-order valence-electron chi connectivity index (χ1n) is 15.1. The van der Waals surface area contributed by atoms with Gasteiger partial charge in [-0.1, -0.05) is 115 Å². The topological polar surface area (TPSA) is 20.2 Å². The van der Waals surface area contributed by atoms with Crippen LogP contribution in [0.15, 0.2) is 127 Å². The van der Waals surface area contributed by atoms with Crippen molar-refractivity contribution in [3.63, 3.8) is 0 Å². The molecule has 3 aromatic heterocycles. The molecule has 0 spiro atoms. The smallest absolute Gasteiger partial charge is 0.198 e. The Morgan fingerprint density at radius 1 is 0.488 bits per heavy atom. The summed E-state index contributed by atoms with van der Waals surface area (Å²) in [7, 11) is 0.921. The van der Waals surface area contributed by atoms with E-state index in [1.54, 1.807) is 0 Å². The normalized spacial score (nSPS) is 12.8. The van der Waals surface area contributed by atoms with Gasteiger partial charge in [0.2, 0.25) is 0 Å². The van der Waals surface area contributed by atoms with E-state index in [1.807, 2.05) is 0 Å². The van der Waals surface area contributed by atoms with Gasteiger partial charge in [-0.25, -0.2) is 0 Å². The molecule has 0 aliphatic carbocycles. The van der Waals surface area contributed by atoms with Crippen LogP contribution in [-0.2, 0) is 0 Å². The second kappa shape index (κ2) is 7.64. The molecule has 1 aliphatic rings. The zero-order valence-electron chi connectivity index (χ0n) is 23.3. The largest absolute Gasteiger partial charge is 0.354 e. The minimum Gasteiger partial charge on any atom is -0.354 e. The molecule has 10 aromatic rings. The molecule has 0 fully saturated rings. The lowest BCUT2D eigenvalue weighted by Gasteiger charge is -2.20. The monoisotopic (exact) mass is 542 g/mol. The molecule has 196 valence electrons. The first-order chi connectivity index (χ1) is 21.3. The van der Waals surface area contributed by atoms with Crippen molar-refractivity contribution in [3.8, 4) is 22.3 Å². The minimum atomic E-state index is 0.921. The molecule has 0 radical (unpaired) electrons. The number of aromatic amines is 1. The minimum absolute atomic E-state index is 0.921. The molecule has 0 saturated heterocycles. The van der Waals surface area contributed by atoms with E-state index < -0.39 is 0 Å². The molecule has 7 aromatic carbocycles. The van der Waals surface area contributed by atoms with Crippen LogP contribution in [0.5, 0.6) is 0 Å². The molecule has 43 heavy (non-hydrogen) atoms. The second-order valence-corrected chi connectivity index (χ2v) is 12.2. The van der Waals surface area contributed by atoms with E-state index >= 15 is 0 Å². The molecule has 0 bridgehead atoms. The lowest BCUT2D eigenvalue weighted by atomic mass is 9.59. The Balaban J connectivity index is 1.34. The van der Waals surface area contributed by atoms with Gasteiger partial charge in [0.1, 0.15) is 0 Å². The molecular formula is C40H23BN2. The van der Waals surface area contributed by atoms with E-state index in [2.05, 4.69) is 137 Å². The summed E-state index contributed by atoms with van der Waals surface area (Å²) in [6.45, 7) is 0. The molecular weight excluding hydrogens is 519 g/mol. The van der Waals surface area contributed by atoms with Crippen LogP contribution in [0.4, 0.5) is 0 Å². The molecule has 0 amide bonds. The summed E-state index contributed by atoms with van der Waals surface area (Å²) in [4.78, 5) is 3.88. The summed E-state index contributed by atoms with van der Waals surface area (Å²) < 4.78 is 2.59. The second-order valence-electron chi connectivity index (χ2n) is 12.2. The van der Waals surface area contributed by atoms with Crippen molar-refractivity contribution in [1.29, 1.82) is 0 Å². The number of hydrogen-bond acceptors (Lipinski definition) is 0. The van der Waals surface area contributed by atoms with Crippen molar-refractivity contribution in [2.75, 3.05) is 0 Å². The molecule has 1 N–H and O–H groups in total. The van der Waals surface area contributed by atoms with Crippen molar-refractivity contribution in [2.24, 2.45) is 0 Å². The van der Waals surface area contributed by atoms with Gasteiger partial charge in [-0.3, -0.25) is 0 Å². The number of nitrogens with one attached hydrogen (secondary N) is 1. The van der Waals surface area contributed by atoms with Crippen LogP contribution in [0.2, 0.25) is 0 Å². The van der Waals surface area contributed by atoms with Crippen LogP contribution < -0.4 is 10.9 Å². The molecule has 0 atom stereocenters. The van der Waals surface area contributed by atoms with Gasteiger partial charge in [-0.05, 0) is 51.1 Å². The fourth-order valence-electron chi connectivity index (χ4n) is 8.28. The predicted octanol–water partition coefficient (Wildman–Crippen LogP) is 8.66. The van der Waals surface area contributed by atoms with Crippen LogP contribution in [0.1, 0.15) is 0 Å². The van der Waals surface area contributed by atoms with Gasteiger partial charge in [-0.15, -0.1) is 0 Å². The summed E-state index contributed by atoms with van der Waals surface area (Å²) >= 11 is 0. The molecule has 2 nitrogen and oxygen atoms in total. The number of rotatable bonds is 2. The maximum absolute atomic E-state index is 3.88. The van der Waals surface area contributed by atoms with Gasteiger partial charge < -0.3 is 9.38 Å². The van der Waals surface area contributed by atoms with Crippen LogP contribution in [0, 0.1) is 0 Å². The zero-order valence-corrected chi connectivity index (χ0v) is 23.3. The molecule has 1 aliphatic heterocycles. The highest BCUT2D eigenvalue weighted by atomic mass is 14.9. The van der Waals surface area contributed by atoms with Crippen molar-refractivity contribution in [2.45, 2.75) is 0 Å². The maximum atomic E-state index is 3.88. The van der Waals surface area contributed by atoms with Gasteiger partial charge in [0, 0.05) is 54.4 Å². The highest BCUT2D eigenvalue weighted by Gasteiger charge is 2.29. The van der Waals surface area contributed by atoms with Crippen molar-refractivity contribution < 1.29 is 0 Å². The summed E-state index contributed by atoms with van der Waals surface area (Å²) in [6, 6.07) is 47.3. The van der Waals surface area contributed by atoms with Gasteiger partial charge in [0.15, 0.2) is 7.28 Å². The number of H-pyrrole nitrogens is 1. The van der Waals surface area contributed by atoms with E-state index in [1.165, 1.54) is 104 Å². The average Bonchev–Trinajstić information content (AvgIpc) is 3.72. The number of aromatic nitrogens is 2. The number of nitrogens with zero attached hydrogens (tertiary/aromatic N) is 1. The summed E-state index contributed by atoms with van der Waals surface area (Å²) in [5.41, 5.74) is 14.5. The third kappa shape index (κ3) is 2.67. The molecule has 0 unspecified atom stereocenters.